The predicted octanol–water partition coefficient (Wildman–Crippen LogP) is 2.83. The van der Waals surface area contributed by atoms with Gasteiger partial charge in [0.05, 0.1) is 0 Å². The molecule has 0 aliphatic carbocycles. The van der Waals surface area contributed by atoms with E-state index in [9.17, 15) is 8.78 Å². The first-order chi connectivity index (χ1) is 10.2. The summed E-state index contributed by atoms with van der Waals surface area (Å²) in [5.74, 6) is -1.00. The molecule has 1 aromatic heterocycles. The summed E-state index contributed by atoms with van der Waals surface area (Å²) in [4.78, 5) is 6.57. The van der Waals surface area contributed by atoms with Crippen LogP contribution in [-0.2, 0) is 0 Å². The average Bonchev–Trinajstić information content (AvgIpc) is 2.92. The van der Waals surface area contributed by atoms with Gasteiger partial charge >= 0.3 is 0 Å². The fraction of sp³-hybridized carbons (Fsp3) is 0.667. The minimum absolute atomic E-state index is 0.111. The van der Waals surface area contributed by atoms with Gasteiger partial charge in [-0.25, -0.2) is 13.8 Å². The molecule has 2 N–H and O–H groups in total. The zero-order chi connectivity index (χ0) is 14.8. The van der Waals surface area contributed by atoms with Crippen molar-refractivity contribution in [3.8, 4) is 0 Å². The highest BCUT2D eigenvalue weighted by molar-refractivity contribution is 5.48. The van der Waals surface area contributed by atoms with Crippen molar-refractivity contribution in [3.05, 3.63) is 17.7 Å². The summed E-state index contributed by atoms with van der Waals surface area (Å²) in [5.41, 5.74) is 0. The van der Waals surface area contributed by atoms with E-state index in [1.54, 1.807) is 0 Å². The Morgan fingerprint density at radius 2 is 2.05 bits per heavy atom. The number of nitrogens with zero attached hydrogens (tertiary/aromatic N) is 2. The number of hydrogen-bond acceptors (Lipinski definition) is 4. The maximum Gasteiger partial charge on any atom is 0.168 e. The molecule has 0 radical (unpaired) electrons. The van der Waals surface area contributed by atoms with Crippen LogP contribution in [0, 0.1) is 11.6 Å². The van der Waals surface area contributed by atoms with Crippen LogP contribution in [0.15, 0.2) is 6.07 Å². The molecule has 0 aromatic carbocycles. The van der Waals surface area contributed by atoms with Gasteiger partial charge in [-0.1, -0.05) is 0 Å². The van der Waals surface area contributed by atoms with Gasteiger partial charge in [0.2, 0.25) is 0 Å². The molecule has 0 bridgehead atoms. The van der Waals surface area contributed by atoms with E-state index in [1.807, 2.05) is 6.92 Å². The van der Waals surface area contributed by atoms with Crippen molar-refractivity contribution in [1.82, 2.24) is 9.88 Å². The molecule has 2 aliphatic rings. The van der Waals surface area contributed by atoms with Crippen LogP contribution >= 0.6 is 0 Å². The summed E-state index contributed by atoms with van der Waals surface area (Å²) in [7, 11) is 0. The maximum absolute atomic E-state index is 13.9. The van der Waals surface area contributed by atoms with Crippen LogP contribution in [0.5, 0.6) is 0 Å². The van der Waals surface area contributed by atoms with Gasteiger partial charge in [-0.2, -0.15) is 0 Å². The lowest BCUT2D eigenvalue weighted by atomic mass is 9.97. The van der Waals surface area contributed by atoms with E-state index in [0.29, 0.717) is 12.6 Å². The van der Waals surface area contributed by atoms with Gasteiger partial charge in [-0.15, -0.1) is 0 Å². The van der Waals surface area contributed by atoms with E-state index in [0.717, 1.165) is 25.5 Å². The Morgan fingerprint density at radius 1 is 1.24 bits per heavy atom. The normalized spacial score (nSPS) is 25.7. The highest BCUT2D eigenvalue weighted by Crippen LogP contribution is 2.29. The van der Waals surface area contributed by atoms with Crippen molar-refractivity contribution in [1.29, 1.82) is 0 Å². The zero-order valence-corrected chi connectivity index (χ0v) is 12.3. The zero-order valence-electron chi connectivity index (χ0n) is 12.3. The Morgan fingerprint density at radius 3 is 2.86 bits per heavy atom. The number of halogens is 2. The van der Waals surface area contributed by atoms with Gasteiger partial charge in [0.15, 0.2) is 23.3 Å². The van der Waals surface area contributed by atoms with E-state index >= 15 is 0 Å². The van der Waals surface area contributed by atoms with E-state index in [2.05, 4.69) is 20.5 Å². The van der Waals surface area contributed by atoms with E-state index in [1.165, 1.54) is 19.4 Å². The summed E-state index contributed by atoms with van der Waals surface area (Å²) in [6.45, 7) is 4.64. The summed E-state index contributed by atoms with van der Waals surface area (Å²) in [6, 6.07) is 1.72. The maximum atomic E-state index is 13.9. The largest absolute Gasteiger partial charge is 0.368 e. The molecule has 2 saturated heterocycles. The van der Waals surface area contributed by atoms with Crippen LogP contribution in [0.25, 0.3) is 0 Å². The van der Waals surface area contributed by atoms with Crippen molar-refractivity contribution in [2.45, 2.75) is 44.7 Å². The summed E-state index contributed by atoms with van der Waals surface area (Å²) < 4.78 is 27.5. The van der Waals surface area contributed by atoms with E-state index in [-0.39, 0.29) is 17.7 Å². The lowest BCUT2D eigenvalue weighted by Gasteiger charge is -2.35. The molecular formula is C15H22F2N4. The molecule has 0 amide bonds. The first-order valence-corrected chi connectivity index (χ1v) is 7.78. The second kappa shape index (κ2) is 6.13. The van der Waals surface area contributed by atoms with Crippen molar-refractivity contribution >= 4 is 11.6 Å². The summed E-state index contributed by atoms with van der Waals surface area (Å²) in [6.07, 6.45) is 4.46. The number of hydrogen-bond donors (Lipinski definition) is 2. The Kier molecular flexibility index (Phi) is 4.24. The molecule has 1 aromatic rings. The fourth-order valence-electron chi connectivity index (χ4n) is 3.41. The number of rotatable bonds is 4. The van der Waals surface area contributed by atoms with Crippen LogP contribution < -0.4 is 10.6 Å². The number of anilines is 2. The van der Waals surface area contributed by atoms with Gasteiger partial charge in [0.25, 0.3) is 0 Å². The number of fused-ring (bicyclic) bond motifs is 1. The first-order valence-electron chi connectivity index (χ1n) is 7.78. The summed E-state index contributed by atoms with van der Waals surface area (Å²) in [5, 5.41) is 5.99. The second-order valence-corrected chi connectivity index (χ2v) is 5.88. The molecular weight excluding hydrogens is 274 g/mol. The molecule has 6 heteroatoms. The lowest BCUT2D eigenvalue weighted by Crippen LogP contribution is -2.43. The highest BCUT2D eigenvalue weighted by atomic mass is 19.1. The first kappa shape index (κ1) is 14.5. The SMILES string of the molecule is CCNc1nc(NC2CCN3CCCC3C2)c(F)cc1F. The molecule has 2 atom stereocenters. The molecule has 116 valence electrons. The molecule has 2 aliphatic heterocycles. The van der Waals surface area contributed by atoms with Crippen LogP contribution in [-0.4, -0.2) is 41.6 Å². The highest BCUT2D eigenvalue weighted by Gasteiger charge is 2.32. The molecule has 0 saturated carbocycles. The third-order valence-electron chi connectivity index (χ3n) is 4.44. The smallest absolute Gasteiger partial charge is 0.168 e. The van der Waals surface area contributed by atoms with Crippen LogP contribution in [0.3, 0.4) is 0 Å². The number of pyridine rings is 1. The van der Waals surface area contributed by atoms with Gasteiger partial charge in [-0.3, -0.25) is 0 Å². The van der Waals surface area contributed by atoms with Gasteiger partial charge in [-0.05, 0) is 39.2 Å². The minimum Gasteiger partial charge on any atom is -0.368 e. The Bertz CT molecular complexity index is 509. The van der Waals surface area contributed by atoms with Crippen molar-refractivity contribution in [3.63, 3.8) is 0 Å². The monoisotopic (exact) mass is 296 g/mol. The van der Waals surface area contributed by atoms with Gasteiger partial charge in [0.1, 0.15) is 0 Å². The quantitative estimate of drug-likeness (QED) is 0.896. The molecule has 0 spiro atoms. The third-order valence-corrected chi connectivity index (χ3v) is 4.44. The average molecular weight is 296 g/mol. The molecule has 4 nitrogen and oxygen atoms in total. The molecule has 3 heterocycles. The fourth-order valence-corrected chi connectivity index (χ4v) is 3.41. The molecule has 2 fully saturated rings. The van der Waals surface area contributed by atoms with Crippen molar-refractivity contribution < 1.29 is 8.78 Å². The van der Waals surface area contributed by atoms with Crippen molar-refractivity contribution in [2.75, 3.05) is 30.3 Å². The van der Waals surface area contributed by atoms with Gasteiger partial charge in [0, 0.05) is 31.2 Å². The number of piperidine rings is 1. The van der Waals surface area contributed by atoms with Crippen LogP contribution in [0.2, 0.25) is 0 Å². The topological polar surface area (TPSA) is 40.2 Å². The predicted molar refractivity (Wildman–Crippen MR) is 79.6 cm³/mol. The lowest BCUT2D eigenvalue weighted by molar-refractivity contribution is 0.188. The van der Waals surface area contributed by atoms with Crippen LogP contribution in [0.1, 0.15) is 32.6 Å². The third kappa shape index (κ3) is 3.10. The minimum atomic E-state index is -0.648. The van der Waals surface area contributed by atoms with Crippen molar-refractivity contribution in [2.24, 2.45) is 0 Å². The Balaban J connectivity index is 1.70. The van der Waals surface area contributed by atoms with Gasteiger partial charge < -0.3 is 15.5 Å². The molecule has 3 rings (SSSR count). The number of nitrogens with one attached hydrogen (secondary N) is 2. The number of aromatic nitrogens is 1. The Hall–Kier alpha value is -1.43. The Labute approximate surface area is 123 Å². The second-order valence-electron chi connectivity index (χ2n) is 5.88. The standard InChI is InChI=1S/C15H22F2N4/c1-2-18-14-12(16)9-13(17)15(20-14)19-10-5-7-21-6-3-4-11(21)8-10/h9-11H,2-8H2,1H3,(H2,18,19,20). The van der Waals surface area contributed by atoms with Crippen LogP contribution in [0.4, 0.5) is 20.4 Å². The molecule has 2 unspecified atom stereocenters. The van der Waals surface area contributed by atoms with E-state index < -0.39 is 11.6 Å². The van der Waals surface area contributed by atoms with E-state index in [4.69, 9.17) is 0 Å². The summed E-state index contributed by atoms with van der Waals surface area (Å²) >= 11 is 0. The molecule has 21 heavy (non-hydrogen) atoms.